The molecule has 32 heavy (non-hydrogen) atoms. The largest absolute Gasteiger partial charge is 0.458 e. The number of azide groups is 1. The third kappa shape index (κ3) is 5.77. The quantitative estimate of drug-likeness (QED) is 0.237. The zero-order chi connectivity index (χ0) is 23.3. The lowest BCUT2D eigenvalue weighted by molar-refractivity contribution is -0.0244. The Kier molecular flexibility index (Phi) is 7.73. The van der Waals surface area contributed by atoms with Crippen molar-refractivity contribution < 1.29 is 22.7 Å². The Labute approximate surface area is 185 Å². The fourth-order valence-corrected chi connectivity index (χ4v) is 4.47. The molecule has 12 nitrogen and oxygen atoms in total. The summed E-state index contributed by atoms with van der Waals surface area (Å²) in [5.74, 6) is -0.938. The first-order valence-corrected chi connectivity index (χ1v) is 11.3. The second-order valence-corrected chi connectivity index (χ2v) is 8.82. The number of benzene rings is 1. The third-order valence-electron chi connectivity index (χ3n) is 4.44. The lowest BCUT2D eigenvalue weighted by Crippen LogP contribution is -2.34. The van der Waals surface area contributed by atoms with Gasteiger partial charge in [0.1, 0.15) is 12.0 Å². The van der Waals surface area contributed by atoms with Crippen LogP contribution in [0, 0.1) is 5.82 Å². The van der Waals surface area contributed by atoms with Crippen LogP contribution < -0.4 is 20.9 Å². The van der Waals surface area contributed by atoms with Crippen molar-refractivity contribution in [3.05, 3.63) is 72.6 Å². The van der Waals surface area contributed by atoms with Crippen LogP contribution in [0.25, 0.3) is 10.4 Å². The monoisotopic (exact) mass is 488 g/mol. The average molecular weight is 489 g/mol. The standard InChI is InChI=1S/C17H19ClFN6O6P/c1-2-21-32(28,31-11-5-3-10(18)4-6-11)29-9-14-13(23-24-20)7-15(30-14)25-8-12(19)16(26)22-17(25)27/h3-6,8,13-15H,2,7,9H2,1H3,(H,21,28)(H,22,26,27)/t13-,14+,15+,32?/m0/s1. The van der Waals surface area contributed by atoms with Gasteiger partial charge in [-0.2, -0.15) is 4.39 Å². The van der Waals surface area contributed by atoms with Crippen LogP contribution in [0.1, 0.15) is 19.6 Å². The molecule has 0 radical (unpaired) electrons. The molecule has 1 unspecified atom stereocenters. The zero-order valence-electron chi connectivity index (χ0n) is 16.7. The van der Waals surface area contributed by atoms with Gasteiger partial charge in [-0.25, -0.2) is 14.4 Å². The summed E-state index contributed by atoms with van der Waals surface area (Å²) in [5, 5.41) is 6.72. The number of nitrogens with zero attached hydrogens (tertiary/aromatic N) is 4. The third-order valence-corrected chi connectivity index (χ3v) is 6.33. The number of H-pyrrole nitrogens is 1. The summed E-state index contributed by atoms with van der Waals surface area (Å²) >= 11 is 5.84. The molecule has 0 saturated carbocycles. The van der Waals surface area contributed by atoms with Gasteiger partial charge in [0.2, 0.25) is 5.82 Å². The van der Waals surface area contributed by atoms with Gasteiger partial charge in [-0.3, -0.25) is 18.9 Å². The maximum absolute atomic E-state index is 13.6. The molecule has 2 N–H and O–H groups in total. The first-order valence-electron chi connectivity index (χ1n) is 9.40. The number of hydrogen-bond acceptors (Lipinski definition) is 7. The van der Waals surface area contributed by atoms with Gasteiger partial charge in [0.15, 0.2) is 0 Å². The highest BCUT2D eigenvalue weighted by Gasteiger charge is 2.39. The van der Waals surface area contributed by atoms with E-state index in [1.807, 2.05) is 4.98 Å². The van der Waals surface area contributed by atoms with Crippen LogP contribution in [-0.2, 0) is 13.8 Å². The number of nitrogens with one attached hydrogen (secondary N) is 2. The van der Waals surface area contributed by atoms with Crippen LogP contribution in [-0.4, -0.2) is 34.8 Å². The summed E-state index contributed by atoms with van der Waals surface area (Å²) in [6.45, 7) is 1.62. The first kappa shape index (κ1) is 24.0. The maximum atomic E-state index is 13.6. The van der Waals surface area contributed by atoms with Crippen LogP contribution in [0.5, 0.6) is 5.75 Å². The molecule has 15 heteroatoms. The highest BCUT2D eigenvalue weighted by molar-refractivity contribution is 7.52. The first-order chi connectivity index (χ1) is 15.2. The molecule has 0 amide bonds. The van der Waals surface area contributed by atoms with Crippen molar-refractivity contribution in [2.24, 2.45) is 5.11 Å². The van der Waals surface area contributed by atoms with Crippen LogP contribution in [0.15, 0.2) is 45.2 Å². The van der Waals surface area contributed by atoms with Gasteiger partial charge >= 0.3 is 13.4 Å². The smallest absolute Gasteiger partial charge is 0.413 e. The summed E-state index contributed by atoms with van der Waals surface area (Å²) in [6.07, 6.45) is -1.28. The topological polar surface area (TPSA) is 160 Å². The lowest BCUT2D eigenvalue weighted by atomic mass is 10.1. The van der Waals surface area contributed by atoms with Crippen LogP contribution in [0.2, 0.25) is 5.02 Å². The minimum absolute atomic E-state index is 0.00692. The summed E-state index contributed by atoms with van der Waals surface area (Å²) < 4.78 is 44.2. The van der Waals surface area contributed by atoms with Gasteiger partial charge in [0.05, 0.1) is 24.9 Å². The van der Waals surface area contributed by atoms with Crippen LogP contribution >= 0.6 is 19.3 Å². The molecule has 3 rings (SSSR count). The molecule has 0 aliphatic carbocycles. The van der Waals surface area contributed by atoms with E-state index in [9.17, 15) is 18.5 Å². The van der Waals surface area contributed by atoms with E-state index in [-0.39, 0.29) is 25.3 Å². The van der Waals surface area contributed by atoms with E-state index in [0.717, 1.165) is 4.57 Å². The number of aromatic nitrogens is 2. The molecular weight excluding hydrogens is 470 g/mol. The van der Waals surface area contributed by atoms with Gasteiger partial charge in [0.25, 0.3) is 5.56 Å². The Morgan fingerprint density at radius 1 is 1.44 bits per heavy atom. The predicted molar refractivity (Wildman–Crippen MR) is 112 cm³/mol. The molecule has 1 aliphatic rings. The van der Waals surface area contributed by atoms with E-state index in [0.29, 0.717) is 11.2 Å². The molecule has 1 aromatic heterocycles. The van der Waals surface area contributed by atoms with Crippen molar-refractivity contribution in [1.82, 2.24) is 14.6 Å². The summed E-state index contributed by atoms with van der Waals surface area (Å²) in [4.78, 5) is 27.8. The molecule has 1 fully saturated rings. The predicted octanol–water partition coefficient (Wildman–Crippen LogP) is 3.11. The van der Waals surface area contributed by atoms with Gasteiger partial charge in [-0.05, 0) is 29.8 Å². The highest BCUT2D eigenvalue weighted by Crippen LogP contribution is 2.45. The Balaban J connectivity index is 1.76. The van der Waals surface area contributed by atoms with E-state index in [1.54, 1.807) is 19.1 Å². The molecule has 2 aromatic rings. The second kappa shape index (κ2) is 10.3. The molecular formula is C17H19ClFN6O6P. The fourth-order valence-electron chi connectivity index (χ4n) is 3.00. The van der Waals surface area contributed by atoms with Crippen molar-refractivity contribution in [2.45, 2.75) is 31.7 Å². The second-order valence-electron chi connectivity index (χ2n) is 6.63. The summed E-state index contributed by atoms with van der Waals surface area (Å²) in [5.41, 5.74) is 6.79. The number of rotatable bonds is 9. The zero-order valence-corrected chi connectivity index (χ0v) is 18.3. The number of ether oxygens (including phenoxy) is 1. The van der Waals surface area contributed by atoms with Crippen molar-refractivity contribution in [3.63, 3.8) is 0 Å². The molecule has 1 aliphatic heterocycles. The molecule has 1 aromatic carbocycles. The molecule has 172 valence electrons. The highest BCUT2D eigenvalue weighted by atomic mass is 35.5. The lowest BCUT2D eigenvalue weighted by Gasteiger charge is -2.22. The Morgan fingerprint density at radius 3 is 2.81 bits per heavy atom. The van der Waals surface area contributed by atoms with Gasteiger partial charge in [0, 0.05) is 22.9 Å². The van der Waals surface area contributed by atoms with E-state index in [2.05, 4.69) is 15.1 Å². The normalized spacial score (nSPS) is 22.2. The van der Waals surface area contributed by atoms with Gasteiger partial charge < -0.3 is 9.26 Å². The van der Waals surface area contributed by atoms with Gasteiger partial charge in [-0.1, -0.05) is 23.6 Å². The minimum atomic E-state index is -3.85. The van der Waals surface area contributed by atoms with Crippen molar-refractivity contribution >= 4 is 19.3 Å². The summed E-state index contributed by atoms with van der Waals surface area (Å²) in [6, 6.07) is 5.31. The average Bonchev–Trinajstić information content (AvgIpc) is 3.14. The number of halogens is 2. The number of aromatic amines is 1. The van der Waals surface area contributed by atoms with Crippen LogP contribution in [0.3, 0.4) is 0 Å². The molecule has 0 bridgehead atoms. The Hall–Kier alpha value is -2.66. The van der Waals surface area contributed by atoms with Crippen LogP contribution in [0.4, 0.5) is 4.39 Å². The summed E-state index contributed by atoms with van der Waals surface area (Å²) in [7, 11) is -3.85. The van der Waals surface area contributed by atoms with E-state index < -0.39 is 43.2 Å². The van der Waals surface area contributed by atoms with Crippen molar-refractivity contribution in [1.29, 1.82) is 0 Å². The Morgan fingerprint density at radius 2 is 2.16 bits per heavy atom. The van der Waals surface area contributed by atoms with Crippen molar-refractivity contribution in [2.75, 3.05) is 13.2 Å². The molecule has 2 heterocycles. The van der Waals surface area contributed by atoms with Crippen molar-refractivity contribution in [3.8, 4) is 5.75 Å². The fraction of sp³-hybridized carbons (Fsp3) is 0.412. The molecule has 0 spiro atoms. The Bertz CT molecular complexity index is 1170. The number of hydrogen-bond donors (Lipinski definition) is 2. The minimum Gasteiger partial charge on any atom is -0.413 e. The maximum Gasteiger partial charge on any atom is 0.458 e. The van der Waals surface area contributed by atoms with E-state index in [1.165, 1.54) is 12.1 Å². The van der Waals surface area contributed by atoms with Gasteiger partial charge in [-0.15, -0.1) is 0 Å². The van der Waals surface area contributed by atoms with E-state index in [4.69, 9.17) is 30.9 Å². The molecule has 1 saturated heterocycles. The molecule has 4 atom stereocenters. The van der Waals surface area contributed by atoms with E-state index >= 15 is 0 Å². The SMILES string of the molecule is CCNP(=O)(OC[C@H]1O[C@@H](n2cc(F)c(=O)[nH]c2=O)C[C@@H]1N=[N+]=[N-])Oc1ccc(Cl)cc1.